The van der Waals surface area contributed by atoms with Gasteiger partial charge in [-0.25, -0.2) is 8.78 Å². The fourth-order valence-corrected chi connectivity index (χ4v) is 3.62. The number of halogens is 2. The Balaban J connectivity index is 1.76. The van der Waals surface area contributed by atoms with Gasteiger partial charge in [0.15, 0.2) is 0 Å². The Kier molecular flexibility index (Phi) is 2.61. The molecule has 0 aromatic heterocycles. The summed E-state index contributed by atoms with van der Waals surface area (Å²) < 4.78 is 27.2. The second-order valence-corrected chi connectivity index (χ2v) is 5.57. The van der Waals surface area contributed by atoms with Crippen molar-refractivity contribution in [1.82, 2.24) is 4.90 Å². The van der Waals surface area contributed by atoms with Gasteiger partial charge in [0.25, 0.3) is 5.91 Å². The molecule has 0 N–H and O–H groups in total. The molecule has 4 heteroatoms. The van der Waals surface area contributed by atoms with Crippen molar-refractivity contribution in [2.24, 2.45) is 0 Å². The lowest BCUT2D eigenvalue weighted by Crippen LogP contribution is -2.28. The van der Waals surface area contributed by atoms with Crippen LogP contribution in [0.1, 0.15) is 46.4 Å². The molecule has 4 rings (SSSR count). The first-order valence-electron chi connectivity index (χ1n) is 7.03. The van der Waals surface area contributed by atoms with E-state index in [1.165, 1.54) is 0 Å². The van der Waals surface area contributed by atoms with Crippen LogP contribution in [-0.4, -0.2) is 10.8 Å². The molecule has 0 aliphatic carbocycles. The lowest BCUT2D eigenvalue weighted by Gasteiger charge is -2.22. The molecule has 106 valence electrons. The Morgan fingerprint density at radius 2 is 1.62 bits per heavy atom. The van der Waals surface area contributed by atoms with Crippen molar-refractivity contribution in [3.05, 3.63) is 70.8 Å². The van der Waals surface area contributed by atoms with Gasteiger partial charge in [0.2, 0.25) is 0 Å². The Labute approximate surface area is 121 Å². The van der Waals surface area contributed by atoms with E-state index >= 15 is 0 Å². The molecule has 2 aromatic rings. The topological polar surface area (TPSA) is 20.3 Å². The van der Waals surface area contributed by atoms with Gasteiger partial charge in [-0.2, -0.15) is 0 Å². The minimum atomic E-state index is -0.670. The lowest BCUT2D eigenvalue weighted by atomic mass is 9.92. The first-order chi connectivity index (χ1) is 10.2. The van der Waals surface area contributed by atoms with E-state index in [0.717, 1.165) is 42.2 Å². The number of fused-ring (bicyclic) bond motifs is 5. The van der Waals surface area contributed by atoms with Gasteiger partial charge in [-0.15, -0.1) is 0 Å². The number of nitrogens with zero attached hydrogens (tertiary/aromatic N) is 1. The van der Waals surface area contributed by atoms with Crippen LogP contribution in [0.3, 0.4) is 0 Å². The van der Waals surface area contributed by atoms with E-state index in [9.17, 15) is 13.6 Å². The number of benzene rings is 2. The third-order valence-corrected chi connectivity index (χ3v) is 4.49. The fourth-order valence-electron chi connectivity index (χ4n) is 3.62. The molecule has 0 spiro atoms. The van der Waals surface area contributed by atoms with E-state index in [1.54, 1.807) is 4.90 Å². The maximum absolute atomic E-state index is 13.9. The summed E-state index contributed by atoms with van der Waals surface area (Å²) in [6.45, 7) is 0. The van der Waals surface area contributed by atoms with Crippen molar-refractivity contribution in [1.29, 1.82) is 0 Å². The summed E-state index contributed by atoms with van der Waals surface area (Å²) in [6.07, 6.45) is 1.76. The maximum atomic E-state index is 13.9. The van der Waals surface area contributed by atoms with E-state index < -0.39 is 17.5 Å². The first-order valence-corrected chi connectivity index (χ1v) is 7.03. The molecule has 2 aliphatic heterocycles. The standard InChI is InChI=1S/C17H13F2NO/c18-10-5-6-14(19)13(9-10)17(21)20-15-7-8-16(20)12-4-2-1-3-11(12)15/h1-6,9,15-16H,7-8H2. The summed E-state index contributed by atoms with van der Waals surface area (Å²) in [5.74, 6) is -1.68. The highest BCUT2D eigenvalue weighted by Crippen LogP contribution is 2.53. The van der Waals surface area contributed by atoms with Crippen molar-refractivity contribution in [2.75, 3.05) is 0 Å². The van der Waals surface area contributed by atoms with Crippen molar-refractivity contribution in [2.45, 2.75) is 24.9 Å². The van der Waals surface area contributed by atoms with Crippen molar-refractivity contribution in [3.8, 4) is 0 Å². The molecule has 2 atom stereocenters. The molecule has 21 heavy (non-hydrogen) atoms. The van der Waals surface area contributed by atoms with Crippen LogP contribution < -0.4 is 0 Å². The smallest absolute Gasteiger partial charge is 0.257 e. The number of hydrogen-bond donors (Lipinski definition) is 0. The van der Waals surface area contributed by atoms with E-state index in [2.05, 4.69) is 0 Å². The zero-order valence-electron chi connectivity index (χ0n) is 11.2. The Morgan fingerprint density at radius 1 is 1.00 bits per heavy atom. The molecular weight excluding hydrogens is 272 g/mol. The van der Waals surface area contributed by atoms with Crippen molar-refractivity contribution >= 4 is 5.91 Å². The van der Waals surface area contributed by atoms with Crippen LogP contribution in [0.5, 0.6) is 0 Å². The number of amides is 1. The number of hydrogen-bond acceptors (Lipinski definition) is 1. The van der Waals surface area contributed by atoms with Gasteiger partial charge in [-0.05, 0) is 42.2 Å². The van der Waals surface area contributed by atoms with Crippen LogP contribution in [0.2, 0.25) is 0 Å². The first kappa shape index (κ1) is 12.5. The molecule has 2 bridgehead atoms. The largest absolute Gasteiger partial charge is 0.324 e. The molecule has 2 heterocycles. The maximum Gasteiger partial charge on any atom is 0.257 e. The lowest BCUT2D eigenvalue weighted by molar-refractivity contribution is 0.0691. The Hall–Kier alpha value is -2.23. The van der Waals surface area contributed by atoms with Gasteiger partial charge in [0.05, 0.1) is 17.6 Å². The third kappa shape index (κ3) is 1.71. The fraction of sp³-hybridized carbons (Fsp3) is 0.235. The van der Waals surface area contributed by atoms with Crippen molar-refractivity contribution < 1.29 is 13.6 Å². The summed E-state index contributed by atoms with van der Waals surface area (Å²) in [6, 6.07) is 10.9. The van der Waals surface area contributed by atoms with Crippen LogP contribution in [-0.2, 0) is 0 Å². The van der Waals surface area contributed by atoms with Crippen molar-refractivity contribution in [3.63, 3.8) is 0 Å². The monoisotopic (exact) mass is 285 g/mol. The molecule has 2 nitrogen and oxygen atoms in total. The molecule has 2 aliphatic rings. The predicted molar refractivity (Wildman–Crippen MR) is 73.7 cm³/mol. The zero-order valence-corrected chi connectivity index (χ0v) is 11.2. The van der Waals surface area contributed by atoms with E-state index in [-0.39, 0.29) is 17.6 Å². The average Bonchev–Trinajstić information content (AvgIpc) is 3.06. The Bertz CT molecular complexity index is 712. The van der Waals surface area contributed by atoms with Crippen LogP contribution >= 0.6 is 0 Å². The number of rotatable bonds is 1. The predicted octanol–water partition coefficient (Wildman–Crippen LogP) is 4.00. The number of carbonyl (C=O) groups excluding carboxylic acids is 1. The summed E-state index contributed by atoms with van der Waals surface area (Å²) in [7, 11) is 0. The summed E-state index contributed by atoms with van der Waals surface area (Å²) in [5.41, 5.74) is 2.09. The highest BCUT2D eigenvalue weighted by Gasteiger charge is 2.46. The normalized spacial score (nSPS) is 22.5. The molecule has 0 saturated carbocycles. The second kappa shape index (κ2) is 4.38. The second-order valence-electron chi connectivity index (χ2n) is 5.57. The van der Waals surface area contributed by atoms with Gasteiger partial charge in [-0.1, -0.05) is 24.3 Å². The summed E-state index contributed by atoms with van der Waals surface area (Å²) in [4.78, 5) is 14.4. The number of carbonyl (C=O) groups is 1. The van der Waals surface area contributed by atoms with E-state index in [4.69, 9.17) is 0 Å². The van der Waals surface area contributed by atoms with Crippen LogP contribution in [0, 0.1) is 11.6 Å². The van der Waals surface area contributed by atoms with Crippen LogP contribution in [0.15, 0.2) is 42.5 Å². The minimum Gasteiger partial charge on any atom is -0.324 e. The highest BCUT2D eigenvalue weighted by atomic mass is 19.1. The average molecular weight is 285 g/mol. The third-order valence-electron chi connectivity index (χ3n) is 4.49. The molecule has 1 amide bonds. The van der Waals surface area contributed by atoms with Gasteiger partial charge >= 0.3 is 0 Å². The van der Waals surface area contributed by atoms with E-state index in [0.29, 0.717) is 0 Å². The quantitative estimate of drug-likeness (QED) is 0.775. The molecular formula is C17H13F2NO. The van der Waals surface area contributed by atoms with Gasteiger partial charge in [0, 0.05) is 0 Å². The van der Waals surface area contributed by atoms with Crippen LogP contribution in [0.4, 0.5) is 8.78 Å². The Morgan fingerprint density at radius 3 is 2.24 bits per heavy atom. The summed E-state index contributed by atoms with van der Waals surface area (Å²) in [5, 5.41) is 0. The highest BCUT2D eigenvalue weighted by molar-refractivity contribution is 5.95. The summed E-state index contributed by atoms with van der Waals surface area (Å²) >= 11 is 0. The van der Waals surface area contributed by atoms with Crippen LogP contribution in [0.25, 0.3) is 0 Å². The molecule has 2 unspecified atom stereocenters. The SMILES string of the molecule is O=C(c1cc(F)ccc1F)N1C2CCC1c1ccccc12. The molecule has 1 fully saturated rings. The van der Waals surface area contributed by atoms with E-state index in [1.807, 2.05) is 24.3 Å². The molecule has 0 radical (unpaired) electrons. The zero-order chi connectivity index (χ0) is 14.6. The molecule has 1 saturated heterocycles. The molecule has 2 aromatic carbocycles. The van der Waals surface area contributed by atoms with Gasteiger partial charge in [-0.3, -0.25) is 4.79 Å². The van der Waals surface area contributed by atoms with Gasteiger partial charge in [0.1, 0.15) is 11.6 Å². The minimum absolute atomic E-state index is 0.0126. The van der Waals surface area contributed by atoms with Gasteiger partial charge < -0.3 is 4.90 Å².